The minimum absolute atomic E-state index is 0.0318. The number of aromatic amines is 1. The zero-order chi connectivity index (χ0) is 12.4. The summed E-state index contributed by atoms with van der Waals surface area (Å²) in [5.74, 6) is -2.36. The molecule has 1 heterocycles. The van der Waals surface area contributed by atoms with Gasteiger partial charge in [-0.2, -0.15) is 0 Å². The van der Waals surface area contributed by atoms with Crippen LogP contribution in [0, 0.1) is 0 Å². The van der Waals surface area contributed by atoms with Crippen molar-refractivity contribution in [1.82, 2.24) is 9.97 Å². The number of nitrogens with one attached hydrogen (secondary N) is 1. The highest BCUT2D eigenvalue weighted by molar-refractivity contribution is 6.22. The monoisotopic (exact) mass is 251 g/mol. The van der Waals surface area contributed by atoms with Crippen molar-refractivity contribution in [1.29, 1.82) is 0 Å². The Hall–Kier alpha value is -2.01. The Morgan fingerprint density at radius 2 is 2.18 bits per heavy atom. The number of alkyl halides is 1. The van der Waals surface area contributed by atoms with E-state index in [9.17, 15) is 9.90 Å². The van der Waals surface area contributed by atoms with E-state index in [4.69, 9.17) is 16.7 Å². The lowest BCUT2D eigenvalue weighted by Crippen LogP contribution is -2.15. The van der Waals surface area contributed by atoms with E-state index >= 15 is 0 Å². The maximum absolute atomic E-state index is 11.4. The number of hydrogen-bond acceptors (Lipinski definition) is 3. The van der Waals surface area contributed by atoms with Crippen LogP contribution < -0.4 is 5.11 Å². The van der Waals surface area contributed by atoms with Gasteiger partial charge < -0.3 is 15.2 Å². The summed E-state index contributed by atoms with van der Waals surface area (Å²) in [7, 11) is 0. The van der Waals surface area contributed by atoms with Crippen LogP contribution in [-0.2, 0) is 4.79 Å². The van der Waals surface area contributed by atoms with Crippen molar-refractivity contribution < 1.29 is 15.0 Å². The first-order valence-corrected chi connectivity index (χ1v) is 5.31. The highest BCUT2D eigenvalue weighted by Crippen LogP contribution is 2.18. The molecule has 6 heteroatoms. The number of allylic oxidation sites excluding steroid dienone is 1. The van der Waals surface area contributed by atoms with E-state index in [2.05, 4.69) is 9.97 Å². The molecule has 1 aromatic heterocycles. The molecule has 2 N–H and O–H groups in total. The van der Waals surface area contributed by atoms with Gasteiger partial charge in [0, 0.05) is 5.88 Å². The molecule has 0 bridgehead atoms. The minimum atomic E-state index is -1.34. The molecule has 0 spiro atoms. The zero-order valence-electron chi connectivity index (χ0n) is 8.61. The van der Waals surface area contributed by atoms with Gasteiger partial charge >= 0.3 is 5.97 Å². The Bertz CT molecular complexity index is 571. The number of hydrogen-bond donors (Lipinski definition) is 2. The number of benzene rings is 1. The van der Waals surface area contributed by atoms with Gasteiger partial charge in [-0.25, -0.2) is 9.78 Å². The lowest BCUT2D eigenvalue weighted by Gasteiger charge is -2.11. The van der Waals surface area contributed by atoms with Gasteiger partial charge in [0.2, 0.25) is 0 Å². The van der Waals surface area contributed by atoms with Gasteiger partial charge in [-0.15, -0.1) is 11.6 Å². The van der Waals surface area contributed by atoms with Crippen molar-refractivity contribution >= 4 is 34.2 Å². The first kappa shape index (κ1) is 11.5. The standard InChI is InChI=1S/C11H9ClN2O3/c12-5-8(15)9(11(16)17)10-13-6-3-1-2-4-7(6)14-10/h1-4,15H,5H2,(H,13,14)(H,16,17)/p-1/b9-8+. The van der Waals surface area contributed by atoms with Crippen LogP contribution in [0.4, 0.5) is 0 Å². The fourth-order valence-corrected chi connectivity index (χ4v) is 1.62. The molecule has 5 nitrogen and oxygen atoms in total. The largest absolute Gasteiger partial charge is 0.874 e. The molecule has 0 aliphatic carbocycles. The first-order valence-electron chi connectivity index (χ1n) is 4.78. The quantitative estimate of drug-likeness (QED) is 0.483. The van der Waals surface area contributed by atoms with Crippen molar-refractivity contribution in [2.45, 2.75) is 0 Å². The number of imidazole rings is 1. The summed E-state index contributed by atoms with van der Waals surface area (Å²) < 4.78 is 0. The zero-order valence-corrected chi connectivity index (χ0v) is 9.36. The average molecular weight is 252 g/mol. The highest BCUT2D eigenvalue weighted by Gasteiger charge is 2.15. The SMILES string of the molecule is O=C(O)/C(=C(/[O-])CCl)c1nc2ccccc2[nH]1. The molecule has 2 rings (SSSR count). The van der Waals surface area contributed by atoms with E-state index in [0.29, 0.717) is 11.0 Å². The van der Waals surface area contributed by atoms with E-state index < -0.39 is 23.2 Å². The van der Waals surface area contributed by atoms with Gasteiger partial charge in [0.05, 0.1) is 16.6 Å². The predicted molar refractivity (Wildman–Crippen MR) is 61.4 cm³/mol. The summed E-state index contributed by atoms with van der Waals surface area (Å²) in [5.41, 5.74) is 0.850. The van der Waals surface area contributed by atoms with Gasteiger partial charge in [0.15, 0.2) is 0 Å². The molecule has 17 heavy (non-hydrogen) atoms. The van der Waals surface area contributed by atoms with Crippen molar-refractivity contribution in [3.63, 3.8) is 0 Å². The van der Waals surface area contributed by atoms with Crippen molar-refractivity contribution in [3.8, 4) is 0 Å². The molecule has 88 valence electrons. The number of carbonyl (C=O) groups is 1. The molecule has 0 atom stereocenters. The molecule has 0 radical (unpaired) electrons. The number of aliphatic carboxylic acids is 1. The number of rotatable bonds is 3. The van der Waals surface area contributed by atoms with Crippen LogP contribution in [0.3, 0.4) is 0 Å². The summed E-state index contributed by atoms with van der Waals surface area (Å²) in [6.07, 6.45) is 0. The Morgan fingerprint density at radius 1 is 1.47 bits per heavy atom. The molecule has 0 aliphatic rings. The van der Waals surface area contributed by atoms with E-state index in [1.807, 2.05) is 0 Å². The number of carboxylic acids is 1. The van der Waals surface area contributed by atoms with Crippen LogP contribution in [0.25, 0.3) is 16.6 Å². The summed E-state index contributed by atoms with van der Waals surface area (Å²) in [6, 6.07) is 7.03. The van der Waals surface area contributed by atoms with Gasteiger partial charge in [-0.3, -0.25) is 0 Å². The highest BCUT2D eigenvalue weighted by atomic mass is 35.5. The summed E-state index contributed by atoms with van der Waals surface area (Å²) in [6.45, 7) is 0. The molecule has 0 aliphatic heterocycles. The van der Waals surface area contributed by atoms with Crippen LogP contribution in [0.15, 0.2) is 30.0 Å². The lowest BCUT2D eigenvalue weighted by atomic mass is 10.2. The molecular weight excluding hydrogens is 244 g/mol. The molecule has 0 saturated carbocycles. The van der Waals surface area contributed by atoms with Crippen molar-refractivity contribution in [2.24, 2.45) is 0 Å². The normalized spacial score (nSPS) is 12.5. The predicted octanol–water partition coefficient (Wildman–Crippen LogP) is 0.958. The Kier molecular flexibility index (Phi) is 3.01. The molecule has 2 aromatic rings. The fourth-order valence-electron chi connectivity index (χ4n) is 1.49. The third-order valence-electron chi connectivity index (χ3n) is 2.24. The van der Waals surface area contributed by atoms with Crippen molar-refractivity contribution in [3.05, 3.63) is 35.8 Å². The van der Waals surface area contributed by atoms with E-state index in [0.717, 1.165) is 0 Å². The number of H-pyrrole nitrogens is 1. The maximum Gasteiger partial charge on any atom is 0.338 e. The van der Waals surface area contributed by atoms with Gasteiger partial charge in [-0.1, -0.05) is 17.9 Å². The first-order chi connectivity index (χ1) is 8.13. The van der Waals surface area contributed by atoms with Crippen LogP contribution in [-0.4, -0.2) is 26.9 Å². The number of nitrogens with zero attached hydrogens (tertiary/aromatic N) is 1. The topological polar surface area (TPSA) is 89.0 Å². The molecular formula is C11H8ClN2O3-. The Morgan fingerprint density at radius 3 is 2.76 bits per heavy atom. The number of para-hydroxylation sites is 2. The maximum atomic E-state index is 11.4. The lowest BCUT2D eigenvalue weighted by molar-refractivity contribution is -0.299. The second-order valence-electron chi connectivity index (χ2n) is 3.34. The van der Waals surface area contributed by atoms with Crippen LogP contribution in [0.1, 0.15) is 5.82 Å². The van der Waals surface area contributed by atoms with Gasteiger partial charge in [0.25, 0.3) is 0 Å². The van der Waals surface area contributed by atoms with Crippen LogP contribution >= 0.6 is 11.6 Å². The summed E-state index contributed by atoms with van der Waals surface area (Å²) >= 11 is 5.36. The smallest absolute Gasteiger partial charge is 0.338 e. The number of carboxylic acid groups (broad SMARTS) is 1. The number of halogens is 1. The third-order valence-corrected chi connectivity index (χ3v) is 2.48. The average Bonchev–Trinajstić information content (AvgIpc) is 2.71. The van der Waals surface area contributed by atoms with Crippen molar-refractivity contribution in [2.75, 3.05) is 5.88 Å². The molecule has 0 fully saturated rings. The molecule has 1 aromatic carbocycles. The number of fused-ring (bicyclic) bond motifs is 1. The van der Waals surface area contributed by atoms with E-state index in [1.165, 1.54) is 0 Å². The van der Waals surface area contributed by atoms with E-state index in [-0.39, 0.29) is 5.82 Å². The third kappa shape index (κ3) is 2.09. The Labute approximate surface area is 101 Å². The second kappa shape index (κ2) is 4.47. The summed E-state index contributed by atoms with van der Waals surface area (Å²) in [5, 5.41) is 20.4. The molecule has 0 unspecified atom stereocenters. The van der Waals surface area contributed by atoms with Crippen LogP contribution in [0.5, 0.6) is 0 Å². The fraction of sp³-hybridized carbons (Fsp3) is 0.0909. The summed E-state index contributed by atoms with van der Waals surface area (Å²) in [4.78, 5) is 17.8. The van der Waals surface area contributed by atoms with Gasteiger partial charge in [-0.05, 0) is 12.1 Å². The number of aromatic nitrogens is 2. The van der Waals surface area contributed by atoms with E-state index in [1.54, 1.807) is 24.3 Å². The Balaban J connectivity index is 2.61. The second-order valence-corrected chi connectivity index (χ2v) is 3.61. The van der Waals surface area contributed by atoms with Gasteiger partial charge in [0.1, 0.15) is 5.82 Å². The molecule has 0 amide bonds. The van der Waals surface area contributed by atoms with Crippen LogP contribution in [0.2, 0.25) is 0 Å². The molecule has 0 saturated heterocycles. The minimum Gasteiger partial charge on any atom is -0.874 e.